The molecule has 1 aliphatic heterocycles. The van der Waals surface area contributed by atoms with Gasteiger partial charge in [0.1, 0.15) is 5.82 Å². The minimum Gasteiger partial charge on any atom is -0.334 e. The van der Waals surface area contributed by atoms with E-state index in [0.717, 1.165) is 30.2 Å². The van der Waals surface area contributed by atoms with Crippen LogP contribution in [0.25, 0.3) is 11.4 Å². The number of nitrogens with zero attached hydrogens (tertiary/aromatic N) is 6. The first-order valence-electron chi connectivity index (χ1n) is 9.81. The van der Waals surface area contributed by atoms with E-state index in [-0.39, 0.29) is 36.6 Å². The summed E-state index contributed by atoms with van der Waals surface area (Å²) in [5, 5.41) is 1.57. The third-order valence-electron chi connectivity index (χ3n) is 4.83. The van der Waals surface area contributed by atoms with E-state index >= 15 is 0 Å². The number of anilines is 1. The summed E-state index contributed by atoms with van der Waals surface area (Å²) in [7, 11) is 0. The maximum atomic E-state index is 14.0. The smallest absolute Gasteiger partial charge is 0.254 e. The molecule has 0 bridgehead atoms. The Bertz CT molecular complexity index is 1140. The number of aromatic nitrogens is 4. The molecule has 0 spiro atoms. The van der Waals surface area contributed by atoms with Gasteiger partial charge in [-0.3, -0.25) is 9.63 Å². The summed E-state index contributed by atoms with van der Waals surface area (Å²) in [5.74, 6) is -2.52. The summed E-state index contributed by atoms with van der Waals surface area (Å²) in [6.07, 6.45) is 1.78. The lowest BCUT2D eigenvalue weighted by molar-refractivity contribution is 0.0730. The van der Waals surface area contributed by atoms with Crippen molar-refractivity contribution >= 4 is 11.7 Å². The third kappa shape index (κ3) is 4.52. The van der Waals surface area contributed by atoms with Gasteiger partial charge in [0.05, 0.1) is 31.1 Å². The number of hydroxylamine groups is 1. The fourth-order valence-corrected chi connectivity index (χ4v) is 3.39. The van der Waals surface area contributed by atoms with Gasteiger partial charge < -0.3 is 4.90 Å². The number of hydrogen-bond donors (Lipinski definition) is 0. The van der Waals surface area contributed by atoms with Crippen LogP contribution in [0.2, 0.25) is 0 Å². The molecule has 1 aliphatic rings. The van der Waals surface area contributed by atoms with Gasteiger partial charge >= 0.3 is 0 Å². The van der Waals surface area contributed by atoms with Crippen LogP contribution in [0.5, 0.6) is 0 Å². The van der Waals surface area contributed by atoms with Gasteiger partial charge in [-0.15, -0.1) is 0 Å². The molecular formula is C21H19F3N6O2. The van der Waals surface area contributed by atoms with Crippen molar-refractivity contribution in [3.63, 3.8) is 0 Å². The molecule has 1 fully saturated rings. The molecule has 0 unspecified atom stereocenters. The van der Waals surface area contributed by atoms with Crippen LogP contribution in [0.3, 0.4) is 0 Å². The van der Waals surface area contributed by atoms with Crippen molar-refractivity contribution in [1.29, 1.82) is 0 Å². The molecule has 0 aliphatic carbocycles. The van der Waals surface area contributed by atoms with E-state index in [1.54, 1.807) is 18.1 Å². The van der Waals surface area contributed by atoms with Crippen molar-refractivity contribution < 1.29 is 22.8 Å². The average Bonchev–Trinajstić information content (AvgIpc) is 3.01. The highest BCUT2D eigenvalue weighted by atomic mass is 19.2. The van der Waals surface area contributed by atoms with Crippen molar-refractivity contribution in [3.8, 4) is 11.4 Å². The first kappa shape index (κ1) is 21.6. The van der Waals surface area contributed by atoms with Crippen LogP contribution in [0, 0.1) is 31.3 Å². The van der Waals surface area contributed by atoms with E-state index < -0.39 is 23.4 Å². The molecule has 2 aromatic heterocycles. The monoisotopic (exact) mass is 444 g/mol. The predicted octanol–water partition coefficient (Wildman–Crippen LogP) is 2.86. The molecule has 1 saturated heterocycles. The Labute approximate surface area is 181 Å². The first-order chi connectivity index (χ1) is 15.3. The molecule has 4 rings (SSSR count). The van der Waals surface area contributed by atoms with Crippen molar-refractivity contribution in [2.24, 2.45) is 0 Å². The number of halogens is 3. The van der Waals surface area contributed by atoms with E-state index in [1.807, 2.05) is 6.92 Å². The average molecular weight is 444 g/mol. The number of rotatable bonds is 3. The lowest BCUT2D eigenvalue weighted by atomic mass is 10.0. The topological polar surface area (TPSA) is 84.3 Å². The first-order valence-corrected chi connectivity index (χ1v) is 9.81. The van der Waals surface area contributed by atoms with Crippen LogP contribution in [0.15, 0.2) is 30.6 Å². The Kier molecular flexibility index (Phi) is 5.99. The van der Waals surface area contributed by atoms with Gasteiger partial charge in [-0.2, -0.15) is 0 Å². The second-order valence-electron chi connectivity index (χ2n) is 7.18. The Morgan fingerprint density at radius 3 is 2.41 bits per heavy atom. The molecule has 3 heterocycles. The Hall–Kier alpha value is -3.60. The van der Waals surface area contributed by atoms with E-state index in [1.165, 1.54) is 4.90 Å². The predicted molar refractivity (Wildman–Crippen MR) is 108 cm³/mol. The van der Waals surface area contributed by atoms with Gasteiger partial charge in [0, 0.05) is 30.4 Å². The lowest BCUT2D eigenvalue weighted by Gasteiger charge is -2.22. The summed E-state index contributed by atoms with van der Waals surface area (Å²) in [6.45, 7) is 4.53. The fraction of sp³-hybridized carbons (Fsp3) is 0.286. The van der Waals surface area contributed by atoms with Gasteiger partial charge in [0.2, 0.25) is 0 Å². The van der Waals surface area contributed by atoms with E-state index in [2.05, 4.69) is 19.9 Å². The SMILES string of the molecule is Cc1cc(N2CCN(C(=O)c3cc(F)c(F)cc3-c3ncc(F)cn3)CCO2)nc(C)n1. The zero-order valence-electron chi connectivity index (χ0n) is 17.3. The van der Waals surface area contributed by atoms with Crippen LogP contribution < -0.4 is 5.06 Å². The molecule has 0 atom stereocenters. The zero-order chi connectivity index (χ0) is 22.8. The molecule has 1 aromatic carbocycles. The molecule has 8 nitrogen and oxygen atoms in total. The van der Waals surface area contributed by atoms with E-state index in [0.29, 0.717) is 18.2 Å². The minimum atomic E-state index is -1.18. The highest BCUT2D eigenvalue weighted by Gasteiger charge is 2.26. The molecule has 0 N–H and O–H groups in total. The fourth-order valence-electron chi connectivity index (χ4n) is 3.39. The van der Waals surface area contributed by atoms with Gasteiger partial charge in [-0.05, 0) is 26.0 Å². The number of benzene rings is 1. The van der Waals surface area contributed by atoms with Crippen molar-refractivity contribution in [2.75, 3.05) is 31.3 Å². The van der Waals surface area contributed by atoms with Gasteiger partial charge in [0.15, 0.2) is 29.1 Å². The normalized spacial score (nSPS) is 14.4. The second kappa shape index (κ2) is 8.87. The van der Waals surface area contributed by atoms with Crippen molar-refractivity contribution in [3.05, 3.63) is 65.1 Å². The maximum absolute atomic E-state index is 14.0. The molecule has 11 heteroatoms. The van der Waals surface area contributed by atoms with Gasteiger partial charge in [-0.25, -0.2) is 38.2 Å². The van der Waals surface area contributed by atoms with Crippen LogP contribution in [0.1, 0.15) is 21.9 Å². The lowest BCUT2D eigenvalue weighted by Crippen LogP contribution is -2.36. The number of carbonyl (C=O) groups excluding carboxylic acids is 1. The highest BCUT2D eigenvalue weighted by Crippen LogP contribution is 2.25. The summed E-state index contributed by atoms with van der Waals surface area (Å²) in [6, 6.07) is 3.41. The minimum absolute atomic E-state index is 0.0297. The molecule has 1 amide bonds. The molecule has 0 saturated carbocycles. The molecular weight excluding hydrogens is 425 g/mol. The third-order valence-corrected chi connectivity index (χ3v) is 4.83. The number of hydrogen-bond acceptors (Lipinski definition) is 7. The van der Waals surface area contributed by atoms with Gasteiger partial charge in [-0.1, -0.05) is 0 Å². The Morgan fingerprint density at radius 1 is 0.969 bits per heavy atom. The number of carbonyl (C=O) groups is 1. The Balaban J connectivity index is 1.60. The van der Waals surface area contributed by atoms with Crippen molar-refractivity contribution in [2.45, 2.75) is 13.8 Å². The zero-order valence-corrected chi connectivity index (χ0v) is 17.3. The molecule has 0 radical (unpaired) electrons. The van der Waals surface area contributed by atoms with Crippen LogP contribution >= 0.6 is 0 Å². The quantitative estimate of drug-likeness (QED) is 0.614. The summed E-state index contributed by atoms with van der Waals surface area (Å²) < 4.78 is 41.1. The summed E-state index contributed by atoms with van der Waals surface area (Å²) >= 11 is 0. The van der Waals surface area contributed by atoms with Gasteiger partial charge in [0.25, 0.3) is 5.91 Å². The molecule has 32 heavy (non-hydrogen) atoms. The van der Waals surface area contributed by atoms with E-state index in [9.17, 15) is 18.0 Å². The number of aryl methyl sites for hydroxylation is 2. The largest absolute Gasteiger partial charge is 0.334 e. The van der Waals surface area contributed by atoms with Crippen LogP contribution in [-0.2, 0) is 4.84 Å². The second-order valence-corrected chi connectivity index (χ2v) is 7.18. The molecule has 3 aromatic rings. The Morgan fingerprint density at radius 2 is 1.69 bits per heavy atom. The summed E-state index contributed by atoms with van der Waals surface area (Å²) in [5.41, 5.74) is 0.620. The standard InChI is InChI=1S/C21H19F3N6O2/c1-12-7-19(28-13(2)27-12)30-4-3-29(5-6-32-30)21(31)16-9-18(24)17(23)8-15(16)20-25-10-14(22)11-26-20/h7-11H,3-6H2,1-2H3. The summed E-state index contributed by atoms with van der Waals surface area (Å²) in [4.78, 5) is 36.6. The molecule has 166 valence electrons. The van der Waals surface area contributed by atoms with Crippen LogP contribution in [0.4, 0.5) is 19.0 Å². The van der Waals surface area contributed by atoms with Crippen molar-refractivity contribution in [1.82, 2.24) is 24.8 Å². The van der Waals surface area contributed by atoms with Crippen LogP contribution in [-0.4, -0.2) is 57.0 Å². The maximum Gasteiger partial charge on any atom is 0.254 e. The highest BCUT2D eigenvalue weighted by molar-refractivity contribution is 6.00. The number of amides is 1. The van der Waals surface area contributed by atoms with E-state index in [4.69, 9.17) is 4.84 Å².